The summed E-state index contributed by atoms with van der Waals surface area (Å²) < 4.78 is 0.617. The number of hydrogen-bond acceptors (Lipinski definition) is 3. The van der Waals surface area contributed by atoms with Crippen LogP contribution in [0.1, 0.15) is 22.8 Å². The van der Waals surface area contributed by atoms with E-state index < -0.39 is 5.97 Å². The number of carboxylic acids is 1. The molecule has 0 aliphatic heterocycles. The van der Waals surface area contributed by atoms with E-state index in [1.54, 1.807) is 30.3 Å². The van der Waals surface area contributed by atoms with Crippen LogP contribution in [0.5, 0.6) is 0 Å². The first-order chi connectivity index (χ1) is 11.3. The molecule has 2 amide bonds. The summed E-state index contributed by atoms with van der Waals surface area (Å²) in [6, 6.07) is 11.5. The summed E-state index contributed by atoms with van der Waals surface area (Å²) >= 11 is 3.20. The molecule has 0 fully saturated rings. The summed E-state index contributed by atoms with van der Waals surface area (Å²) in [5.74, 6) is -1.62. The average Bonchev–Trinajstić information content (AvgIpc) is 2.50. The quantitative estimate of drug-likeness (QED) is 0.729. The first kappa shape index (κ1) is 17.7. The van der Waals surface area contributed by atoms with Crippen LogP contribution in [0.3, 0.4) is 0 Å². The lowest BCUT2D eigenvalue weighted by atomic mass is 10.1. The summed E-state index contributed by atoms with van der Waals surface area (Å²) in [5, 5.41) is 14.4. The number of carbonyl (C=O) groups excluding carboxylic acids is 2. The van der Waals surface area contributed by atoms with Crippen molar-refractivity contribution in [2.24, 2.45) is 0 Å². The number of anilines is 2. The minimum atomic E-state index is -1.12. The maximum Gasteiger partial charge on any atom is 0.337 e. The minimum Gasteiger partial charge on any atom is -0.478 e. The van der Waals surface area contributed by atoms with Crippen LogP contribution in [0.25, 0.3) is 0 Å². The lowest BCUT2D eigenvalue weighted by Crippen LogP contribution is -2.17. The summed E-state index contributed by atoms with van der Waals surface area (Å²) in [6.07, 6.45) is 0.0927. The maximum atomic E-state index is 12.1. The van der Waals surface area contributed by atoms with Crippen LogP contribution < -0.4 is 10.6 Å². The molecule has 0 spiro atoms. The molecule has 2 aromatic rings. The highest BCUT2D eigenvalue weighted by Gasteiger charge is 2.13. The van der Waals surface area contributed by atoms with Crippen LogP contribution in [-0.4, -0.2) is 22.9 Å². The van der Waals surface area contributed by atoms with E-state index in [1.807, 2.05) is 0 Å². The van der Waals surface area contributed by atoms with Gasteiger partial charge in [0.2, 0.25) is 11.8 Å². The number of benzene rings is 2. The van der Waals surface area contributed by atoms with Gasteiger partial charge in [-0.25, -0.2) is 4.79 Å². The third-order valence-corrected chi connectivity index (χ3v) is 3.62. The van der Waals surface area contributed by atoms with Crippen molar-refractivity contribution in [1.29, 1.82) is 0 Å². The predicted molar refractivity (Wildman–Crippen MR) is 94.2 cm³/mol. The molecule has 0 saturated carbocycles. The Morgan fingerprint density at radius 3 is 2.29 bits per heavy atom. The number of amides is 2. The Morgan fingerprint density at radius 2 is 1.71 bits per heavy atom. The third kappa shape index (κ3) is 4.92. The highest BCUT2D eigenvalue weighted by atomic mass is 79.9. The van der Waals surface area contributed by atoms with E-state index in [2.05, 4.69) is 26.6 Å². The second-order valence-corrected chi connectivity index (χ2v) is 6.01. The van der Waals surface area contributed by atoms with Crippen LogP contribution >= 0.6 is 15.9 Å². The van der Waals surface area contributed by atoms with Gasteiger partial charge in [0, 0.05) is 17.1 Å². The number of aromatic carboxylic acids is 1. The van der Waals surface area contributed by atoms with Gasteiger partial charge in [-0.3, -0.25) is 9.59 Å². The maximum absolute atomic E-state index is 12.1. The second-order valence-electron chi connectivity index (χ2n) is 5.10. The van der Waals surface area contributed by atoms with E-state index in [1.165, 1.54) is 19.1 Å². The van der Waals surface area contributed by atoms with Crippen LogP contribution in [-0.2, 0) is 16.0 Å². The minimum absolute atomic E-state index is 0.0127. The molecule has 0 bridgehead atoms. The molecule has 0 atom stereocenters. The van der Waals surface area contributed by atoms with Crippen LogP contribution in [0.2, 0.25) is 0 Å². The molecule has 0 aliphatic carbocycles. The van der Waals surface area contributed by atoms with E-state index >= 15 is 0 Å². The van der Waals surface area contributed by atoms with E-state index in [-0.39, 0.29) is 29.5 Å². The molecule has 2 rings (SSSR count). The van der Waals surface area contributed by atoms with Gasteiger partial charge in [-0.15, -0.1) is 0 Å². The molecule has 2 aromatic carbocycles. The number of carboxylic acid groups (broad SMARTS) is 1. The van der Waals surface area contributed by atoms with Crippen molar-refractivity contribution in [3.8, 4) is 0 Å². The summed E-state index contributed by atoms with van der Waals surface area (Å²) in [5.41, 5.74) is 1.65. The fraction of sp³-hybridized carbons (Fsp3) is 0.118. The average molecular weight is 391 g/mol. The predicted octanol–water partition coefficient (Wildman–Crippen LogP) is 3.29. The molecule has 0 aliphatic rings. The molecule has 24 heavy (non-hydrogen) atoms. The van der Waals surface area contributed by atoms with Crippen molar-refractivity contribution in [1.82, 2.24) is 0 Å². The molecule has 0 unspecified atom stereocenters. The Morgan fingerprint density at radius 1 is 1.04 bits per heavy atom. The number of halogens is 1. The number of hydrogen-bond donors (Lipinski definition) is 3. The van der Waals surface area contributed by atoms with E-state index in [4.69, 9.17) is 0 Å². The Labute approximate surface area is 147 Å². The second kappa shape index (κ2) is 7.74. The number of nitrogens with one attached hydrogen (secondary N) is 2. The van der Waals surface area contributed by atoms with Gasteiger partial charge >= 0.3 is 5.97 Å². The standard InChI is InChI=1S/C17H15BrN2O4/c1-10(21)19-13-5-2-11(3-6-13)8-16(22)20-15-7-4-12(18)9-14(15)17(23)24/h2-7,9H,8H2,1H3,(H,19,21)(H,20,22)(H,23,24). The molecule has 0 saturated heterocycles. The molecule has 0 radical (unpaired) electrons. The Balaban J connectivity index is 2.06. The first-order valence-corrected chi connectivity index (χ1v) is 7.83. The SMILES string of the molecule is CC(=O)Nc1ccc(CC(=O)Nc2ccc(Br)cc2C(=O)O)cc1. The molecule has 6 nitrogen and oxygen atoms in total. The molecule has 7 heteroatoms. The van der Waals surface area contributed by atoms with Gasteiger partial charge in [-0.2, -0.15) is 0 Å². The van der Waals surface area contributed by atoms with Gasteiger partial charge in [0.05, 0.1) is 17.7 Å². The van der Waals surface area contributed by atoms with Crippen molar-refractivity contribution < 1.29 is 19.5 Å². The van der Waals surface area contributed by atoms with Crippen LogP contribution in [0, 0.1) is 0 Å². The lowest BCUT2D eigenvalue weighted by Gasteiger charge is -2.09. The van der Waals surface area contributed by atoms with Crippen molar-refractivity contribution in [2.75, 3.05) is 10.6 Å². The van der Waals surface area contributed by atoms with E-state index in [0.717, 1.165) is 5.56 Å². The zero-order valence-corrected chi connectivity index (χ0v) is 14.4. The summed E-state index contributed by atoms with van der Waals surface area (Å²) in [4.78, 5) is 34.3. The van der Waals surface area contributed by atoms with E-state index in [0.29, 0.717) is 10.2 Å². The Bertz CT molecular complexity index is 788. The van der Waals surface area contributed by atoms with Gasteiger partial charge in [-0.05, 0) is 35.9 Å². The van der Waals surface area contributed by atoms with Gasteiger partial charge in [-0.1, -0.05) is 28.1 Å². The van der Waals surface area contributed by atoms with Crippen LogP contribution in [0.4, 0.5) is 11.4 Å². The topological polar surface area (TPSA) is 95.5 Å². The van der Waals surface area contributed by atoms with Gasteiger partial charge in [0.15, 0.2) is 0 Å². The zero-order chi connectivity index (χ0) is 17.7. The Kier molecular flexibility index (Phi) is 5.70. The smallest absolute Gasteiger partial charge is 0.337 e. The van der Waals surface area contributed by atoms with E-state index in [9.17, 15) is 19.5 Å². The first-order valence-electron chi connectivity index (χ1n) is 7.04. The van der Waals surface area contributed by atoms with Crippen LogP contribution in [0.15, 0.2) is 46.9 Å². The number of rotatable bonds is 5. The van der Waals surface area contributed by atoms with Crippen molar-refractivity contribution in [2.45, 2.75) is 13.3 Å². The highest BCUT2D eigenvalue weighted by molar-refractivity contribution is 9.10. The van der Waals surface area contributed by atoms with Gasteiger partial charge < -0.3 is 15.7 Å². The normalized spacial score (nSPS) is 10.1. The molecular formula is C17H15BrN2O4. The molecule has 0 aromatic heterocycles. The summed E-state index contributed by atoms with van der Waals surface area (Å²) in [6.45, 7) is 1.42. The fourth-order valence-electron chi connectivity index (χ4n) is 2.09. The number of carbonyl (C=O) groups is 3. The largest absolute Gasteiger partial charge is 0.478 e. The van der Waals surface area contributed by atoms with Crippen molar-refractivity contribution in [3.63, 3.8) is 0 Å². The molecule has 0 heterocycles. The molecule has 124 valence electrons. The fourth-order valence-corrected chi connectivity index (χ4v) is 2.45. The summed E-state index contributed by atoms with van der Waals surface area (Å²) in [7, 11) is 0. The Hall–Kier alpha value is -2.67. The molecular weight excluding hydrogens is 376 g/mol. The van der Waals surface area contributed by atoms with Gasteiger partial charge in [0.25, 0.3) is 0 Å². The highest BCUT2D eigenvalue weighted by Crippen LogP contribution is 2.21. The lowest BCUT2D eigenvalue weighted by molar-refractivity contribution is -0.116. The zero-order valence-electron chi connectivity index (χ0n) is 12.8. The monoisotopic (exact) mass is 390 g/mol. The molecule has 3 N–H and O–H groups in total. The van der Waals surface area contributed by atoms with Crippen molar-refractivity contribution in [3.05, 3.63) is 58.1 Å². The third-order valence-electron chi connectivity index (χ3n) is 3.13. The van der Waals surface area contributed by atoms with Crippen molar-refractivity contribution >= 4 is 45.1 Å². The van der Waals surface area contributed by atoms with Gasteiger partial charge in [0.1, 0.15) is 0 Å².